The fraction of sp³-hybridized carbons (Fsp3) is 0.375. The van der Waals surface area contributed by atoms with Crippen LogP contribution in [-0.4, -0.2) is 48.5 Å². The molecule has 0 bridgehead atoms. The van der Waals surface area contributed by atoms with Crippen molar-refractivity contribution < 1.29 is 45.7 Å². The molecule has 8 nitrogen and oxygen atoms in total. The van der Waals surface area contributed by atoms with E-state index in [4.69, 9.17) is 0 Å². The number of rotatable bonds is 10. The van der Waals surface area contributed by atoms with E-state index in [-0.39, 0.29) is 49.4 Å². The molecule has 9 heteroatoms. The quantitative estimate of drug-likeness (QED) is 0.442. The summed E-state index contributed by atoms with van der Waals surface area (Å²) in [5.41, 5.74) is 3.66. The summed E-state index contributed by atoms with van der Waals surface area (Å²) < 4.78 is 0. The van der Waals surface area contributed by atoms with Gasteiger partial charge in [0.05, 0.1) is 0 Å². The number of unbranched alkanes of at least 4 members (excludes halogenated alkanes) is 1. The molecule has 0 aliphatic rings. The predicted molar refractivity (Wildman–Crippen MR) is 122 cm³/mol. The van der Waals surface area contributed by atoms with E-state index in [1.807, 2.05) is 69.3 Å². The van der Waals surface area contributed by atoms with Gasteiger partial charge in [-0.15, -0.1) is 10.2 Å². The van der Waals surface area contributed by atoms with Crippen LogP contribution in [0.3, 0.4) is 0 Å². The Morgan fingerprint density at radius 1 is 1.09 bits per heavy atom. The summed E-state index contributed by atoms with van der Waals surface area (Å²) in [4.78, 5) is 26.3. The van der Waals surface area contributed by atoms with Crippen LogP contribution in [0.4, 0.5) is 0 Å². The molecule has 0 saturated heterocycles. The van der Waals surface area contributed by atoms with Gasteiger partial charge in [0.15, 0.2) is 0 Å². The largest absolute Gasteiger partial charge is 1.00 e. The smallest absolute Gasteiger partial charge is 1.00 e. The van der Waals surface area contributed by atoms with Gasteiger partial charge in [-0.3, -0.25) is 4.79 Å². The first-order valence-electron chi connectivity index (χ1n) is 10.9. The van der Waals surface area contributed by atoms with E-state index in [1.54, 1.807) is 0 Å². The van der Waals surface area contributed by atoms with Crippen molar-refractivity contribution in [1.29, 1.82) is 0 Å². The maximum Gasteiger partial charge on any atom is 1.00 e. The molecule has 0 saturated carbocycles. The molecule has 1 atom stereocenters. The number of carbonyl (C=O) groups is 2. The Hall–Kier alpha value is -2.55. The van der Waals surface area contributed by atoms with Crippen LogP contribution < -0.4 is 29.6 Å². The maximum absolute atomic E-state index is 12.9. The molecule has 1 aromatic heterocycles. The van der Waals surface area contributed by atoms with Crippen molar-refractivity contribution in [2.45, 2.75) is 52.6 Å². The second-order valence-electron chi connectivity index (χ2n) is 8.13. The first kappa shape index (κ1) is 26.7. The molecule has 0 aliphatic heterocycles. The zero-order valence-corrected chi connectivity index (χ0v) is 21.7. The number of carboxylic acids is 1. The molecule has 0 fully saturated rings. The average molecular weight is 460 g/mol. The van der Waals surface area contributed by atoms with E-state index >= 15 is 0 Å². The van der Waals surface area contributed by atoms with Crippen LogP contribution in [0.5, 0.6) is 0 Å². The number of amides is 1. The standard InChI is InChI=1S/C24H29N5O3.Na.H/c1-4-5-10-21(30)29(22(16(2)3)24(31)32)15-17-11-13-18(14-12-17)19-8-6-7-9-20(19)23-25-27-28-26-23;;/h6-9,11-14,16,22H,4-5,10,15H2,1-3H3,(H,31,32)(H,25,26,27,28);;/q;+1;-1. The summed E-state index contributed by atoms with van der Waals surface area (Å²) in [7, 11) is 0. The number of aromatic nitrogens is 4. The number of nitrogens with zero attached hydrogens (tertiary/aromatic N) is 4. The number of tetrazole rings is 1. The number of H-pyrrole nitrogens is 1. The summed E-state index contributed by atoms with van der Waals surface area (Å²) in [6.07, 6.45) is 1.97. The van der Waals surface area contributed by atoms with Crippen LogP contribution in [0.25, 0.3) is 22.5 Å². The van der Waals surface area contributed by atoms with Crippen molar-refractivity contribution in [1.82, 2.24) is 25.5 Å². The molecule has 0 aliphatic carbocycles. The van der Waals surface area contributed by atoms with Crippen molar-refractivity contribution in [3.05, 3.63) is 54.1 Å². The number of hydrogen-bond acceptors (Lipinski definition) is 5. The maximum atomic E-state index is 12.9. The molecule has 1 unspecified atom stereocenters. The molecule has 3 aromatic rings. The van der Waals surface area contributed by atoms with E-state index in [0.717, 1.165) is 35.1 Å². The Morgan fingerprint density at radius 2 is 1.76 bits per heavy atom. The van der Waals surface area contributed by atoms with Crippen LogP contribution in [0.15, 0.2) is 48.5 Å². The van der Waals surface area contributed by atoms with Gasteiger partial charge in [-0.25, -0.2) is 4.79 Å². The van der Waals surface area contributed by atoms with Crippen LogP contribution >= 0.6 is 0 Å². The number of benzene rings is 2. The van der Waals surface area contributed by atoms with Gasteiger partial charge in [-0.2, -0.15) is 5.21 Å². The average Bonchev–Trinajstić information content (AvgIpc) is 3.32. The van der Waals surface area contributed by atoms with E-state index in [2.05, 4.69) is 20.6 Å². The third-order valence-electron chi connectivity index (χ3n) is 5.42. The molecule has 2 aromatic carbocycles. The van der Waals surface area contributed by atoms with Gasteiger partial charge < -0.3 is 11.4 Å². The topological polar surface area (TPSA) is 112 Å². The zero-order chi connectivity index (χ0) is 23.1. The van der Waals surface area contributed by atoms with Gasteiger partial charge in [-0.05, 0) is 34.2 Å². The number of carboxylic acid groups (broad SMARTS) is 1. The molecule has 0 spiro atoms. The summed E-state index contributed by atoms with van der Waals surface area (Å²) in [6.45, 7) is 5.93. The van der Waals surface area contributed by atoms with Crippen LogP contribution in [-0.2, 0) is 16.1 Å². The SMILES string of the molecule is CCCCC(=O)N(Cc1ccc(-c2ccccc2-c2nn[nH]n2)cc1)C(C(=O)O)C(C)C.[H-].[Na+]. The zero-order valence-electron chi connectivity index (χ0n) is 20.7. The summed E-state index contributed by atoms with van der Waals surface area (Å²) in [5.74, 6) is -0.784. The van der Waals surface area contributed by atoms with Gasteiger partial charge in [0, 0.05) is 18.5 Å². The molecular weight excluding hydrogens is 429 g/mol. The van der Waals surface area contributed by atoms with Gasteiger partial charge in [-0.1, -0.05) is 75.7 Å². The minimum atomic E-state index is -0.976. The van der Waals surface area contributed by atoms with E-state index < -0.39 is 12.0 Å². The third kappa shape index (κ3) is 6.72. The van der Waals surface area contributed by atoms with Gasteiger partial charge >= 0.3 is 35.5 Å². The molecule has 3 rings (SSSR count). The summed E-state index contributed by atoms with van der Waals surface area (Å²) >= 11 is 0. The van der Waals surface area contributed by atoms with Crippen LogP contribution in [0.2, 0.25) is 0 Å². The van der Waals surface area contributed by atoms with E-state index in [1.165, 1.54) is 4.90 Å². The van der Waals surface area contributed by atoms with Crippen molar-refractivity contribution in [3.8, 4) is 22.5 Å². The van der Waals surface area contributed by atoms with E-state index in [0.29, 0.717) is 12.2 Å². The predicted octanol–water partition coefficient (Wildman–Crippen LogP) is 1.28. The first-order chi connectivity index (χ1) is 15.4. The minimum absolute atomic E-state index is 0. The van der Waals surface area contributed by atoms with Gasteiger partial charge in [0.2, 0.25) is 11.7 Å². The van der Waals surface area contributed by atoms with Gasteiger partial charge in [0.1, 0.15) is 6.04 Å². The number of hydrogen-bond donors (Lipinski definition) is 2. The molecule has 1 amide bonds. The van der Waals surface area contributed by atoms with Crippen molar-refractivity contribution in [3.63, 3.8) is 0 Å². The Kier molecular flexibility index (Phi) is 10.2. The molecule has 1 heterocycles. The second kappa shape index (κ2) is 12.6. The molecular formula is C24H30N5NaO3. The third-order valence-corrected chi connectivity index (χ3v) is 5.42. The molecule has 170 valence electrons. The normalized spacial score (nSPS) is 11.6. The van der Waals surface area contributed by atoms with Crippen molar-refractivity contribution in [2.24, 2.45) is 5.92 Å². The minimum Gasteiger partial charge on any atom is -1.00 e. The fourth-order valence-electron chi connectivity index (χ4n) is 3.78. The van der Waals surface area contributed by atoms with E-state index in [9.17, 15) is 14.7 Å². The van der Waals surface area contributed by atoms with Crippen molar-refractivity contribution >= 4 is 11.9 Å². The van der Waals surface area contributed by atoms with Gasteiger partial charge in [0.25, 0.3) is 0 Å². The Morgan fingerprint density at radius 3 is 2.30 bits per heavy atom. The molecule has 0 radical (unpaired) electrons. The van der Waals surface area contributed by atoms with Crippen LogP contribution in [0.1, 0.15) is 47.0 Å². The molecule has 2 N–H and O–H groups in total. The number of aromatic amines is 1. The number of carbonyl (C=O) groups excluding carboxylic acids is 1. The van der Waals surface area contributed by atoms with Crippen molar-refractivity contribution in [2.75, 3.05) is 0 Å². The summed E-state index contributed by atoms with van der Waals surface area (Å²) in [5, 5.41) is 24.0. The second-order valence-corrected chi connectivity index (χ2v) is 8.13. The molecule has 33 heavy (non-hydrogen) atoms. The Bertz CT molecular complexity index is 1050. The Balaban J connectivity index is 0.00000289. The summed E-state index contributed by atoms with van der Waals surface area (Å²) in [6, 6.07) is 14.7. The number of nitrogens with one attached hydrogen (secondary N) is 1. The Labute approximate surface area is 217 Å². The monoisotopic (exact) mass is 459 g/mol. The number of aliphatic carboxylic acids is 1. The first-order valence-corrected chi connectivity index (χ1v) is 10.9. The fourth-order valence-corrected chi connectivity index (χ4v) is 3.78. The van der Waals surface area contributed by atoms with Crippen LogP contribution in [0, 0.1) is 5.92 Å².